The highest BCUT2D eigenvalue weighted by Crippen LogP contribution is 2.14. The molecule has 0 radical (unpaired) electrons. The van der Waals surface area contributed by atoms with Crippen molar-refractivity contribution in [2.45, 2.75) is 25.8 Å². The Hall–Kier alpha value is -0.590. The molecular formula is C9H17N3. The summed E-state index contributed by atoms with van der Waals surface area (Å²) in [5.41, 5.74) is 5.83. The highest BCUT2D eigenvalue weighted by Gasteiger charge is 2.23. The Morgan fingerprint density at radius 1 is 1.58 bits per heavy atom. The molecule has 2 atom stereocenters. The van der Waals surface area contributed by atoms with Gasteiger partial charge in [0.15, 0.2) is 0 Å². The van der Waals surface area contributed by atoms with Crippen LogP contribution in [0.25, 0.3) is 0 Å². The van der Waals surface area contributed by atoms with Crippen LogP contribution in [-0.2, 0) is 0 Å². The Balaban J connectivity index is 2.41. The molecule has 3 heteroatoms. The number of rotatable bonds is 2. The summed E-state index contributed by atoms with van der Waals surface area (Å²) in [6.07, 6.45) is 2.02. The largest absolute Gasteiger partial charge is 0.326 e. The lowest BCUT2D eigenvalue weighted by Crippen LogP contribution is -2.46. The van der Waals surface area contributed by atoms with Crippen molar-refractivity contribution in [1.82, 2.24) is 4.90 Å². The van der Waals surface area contributed by atoms with Crippen molar-refractivity contribution in [1.29, 1.82) is 5.26 Å². The lowest BCUT2D eigenvalue weighted by Gasteiger charge is -2.33. The first-order valence-electron chi connectivity index (χ1n) is 4.63. The molecule has 1 aliphatic rings. The Kier molecular flexibility index (Phi) is 3.51. The van der Waals surface area contributed by atoms with Crippen molar-refractivity contribution < 1.29 is 0 Å². The maximum Gasteiger partial charge on any atom is 0.0669 e. The van der Waals surface area contributed by atoms with Gasteiger partial charge in [0.25, 0.3) is 0 Å². The molecule has 0 aromatic heterocycles. The molecule has 3 nitrogen and oxygen atoms in total. The summed E-state index contributed by atoms with van der Waals surface area (Å²) in [6, 6.07) is 2.50. The summed E-state index contributed by atoms with van der Waals surface area (Å²) >= 11 is 0. The second-order valence-electron chi connectivity index (χ2n) is 3.58. The van der Waals surface area contributed by atoms with Crippen LogP contribution in [0.4, 0.5) is 0 Å². The van der Waals surface area contributed by atoms with E-state index in [1.165, 1.54) is 0 Å². The number of piperidine rings is 1. The average Bonchev–Trinajstić information content (AvgIpc) is 2.04. The van der Waals surface area contributed by atoms with Crippen LogP contribution in [0.15, 0.2) is 0 Å². The van der Waals surface area contributed by atoms with E-state index in [1.807, 2.05) is 0 Å². The van der Waals surface area contributed by atoms with E-state index in [0.29, 0.717) is 0 Å². The molecule has 12 heavy (non-hydrogen) atoms. The van der Waals surface area contributed by atoms with Crippen molar-refractivity contribution in [2.75, 3.05) is 19.6 Å². The van der Waals surface area contributed by atoms with Gasteiger partial charge in [0, 0.05) is 19.1 Å². The molecule has 1 rings (SSSR count). The van der Waals surface area contributed by atoms with Crippen molar-refractivity contribution in [2.24, 2.45) is 11.7 Å². The summed E-state index contributed by atoms with van der Waals surface area (Å²) in [6.45, 7) is 5.11. The van der Waals surface area contributed by atoms with E-state index < -0.39 is 0 Å². The molecule has 0 saturated carbocycles. The van der Waals surface area contributed by atoms with Crippen LogP contribution >= 0.6 is 0 Å². The summed E-state index contributed by atoms with van der Waals surface area (Å²) in [5, 5.41) is 8.76. The van der Waals surface area contributed by atoms with Crippen molar-refractivity contribution in [3.63, 3.8) is 0 Å². The first-order valence-corrected chi connectivity index (χ1v) is 4.63. The maximum absolute atomic E-state index is 8.76. The van der Waals surface area contributed by atoms with Gasteiger partial charge in [-0.1, -0.05) is 6.92 Å². The zero-order valence-corrected chi connectivity index (χ0v) is 7.66. The molecule has 1 heterocycles. The third-order valence-corrected chi connectivity index (χ3v) is 2.28. The van der Waals surface area contributed by atoms with E-state index in [0.717, 1.165) is 32.5 Å². The predicted molar refractivity (Wildman–Crippen MR) is 48.4 cm³/mol. The minimum atomic E-state index is 0.153. The monoisotopic (exact) mass is 167 g/mol. The maximum atomic E-state index is 8.76. The van der Waals surface area contributed by atoms with Gasteiger partial charge in [0.1, 0.15) is 0 Å². The molecule has 0 aromatic rings. The highest BCUT2D eigenvalue weighted by atomic mass is 15.1. The molecule has 0 bridgehead atoms. The van der Waals surface area contributed by atoms with E-state index in [2.05, 4.69) is 17.9 Å². The van der Waals surface area contributed by atoms with Crippen molar-refractivity contribution >= 4 is 0 Å². The molecule has 68 valence electrons. The Morgan fingerprint density at radius 3 is 2.92 bits per heavy atom. The second-order valence-corrected chi connectivity index (χ2v) is 3.58. The minimum Gasteiger partial charge on any atom is -0.326 e. The summed E-state index contributed by atoms with van der Waals surface area (Å²) in [4.78, 5) is 2.29. The Labute approximate surface area is 74.1 Å². The van der Waals surface area contributed by atoms with Gasteiger partial charge < -0.3 is 10.6 Å². The van der Waals surface area contributed by atoms with E-state index in [9.17, 15) is 0 Å². The van der Waals surface area contributed by atoms with Gasteiger partial charge in [0.2, 0.25) is 0 Å². The van der Waals surface area contributed by atoms with Crippen molar-refractivity contribution in [3.8, 4) is 6.07 Å². The Bertz CT molecular complexity index is 173. The fraction of sp³-hybridized carbons (Fsp3) is 0.889. The highest BCUT2D eigenvalue weighted by molar-refractivity contribution is 4.92. The molecule has 1 fully saturated rings. The fourth-order valence-electron chi connectivity index (χ4n) is 1.82. The topological polar surface area (TPSA) is 53.0 Å². The van der Waals surface area contributed by atoms with Gasteiger partial charge in [-0.2, -0.15) is 5.26 Å². The molecule has 0 amide bonds. The van der Waals surface area contributed by atoms with Crippen LogP contribution in [-0.4, -0.2) is 30.6 Å². The van der Waals surface area contributed by atoms with Crippen LogP contribution < -0.4 is 5.73 Å². The molecule has 1 unspecified atom stereocenters. The normalized spacial score (nSPS) is 31.4. The number of likely N-dealkylation sites (tertiary alicyclic amines) is 1. The van der Waals surface area contributed by atoms with E-state index in [4.69, 9.17) is 11.0 Å². The van der Waals surface area contributed by atoms with Crippen LogP contribution in [0.3, 0.4) is 0 Å². The summed E-state index contributed by atoms with van der Waals surface area (Å²) in [5.74, 6) is 0.153. The smallest absolute Gasteiger partial charge is 0.0669 e. The van der Waals surface area contributed by atoms with Crippen molar-refractivity contribution in [3.05, 3.63) is 0 Å². The molecule has 0 spiro atoms. The minimum absolute atomic E-state index is 0.153. The standard InChI is InChI=1S/C9H17N3/c1-2-3-12-6-8(5-10)4-9(11)7-12/h8-9H,2-4,6-7,11H2,1H3/t8?,9-/m1/s1. The van der Waals surface area contributed by atoms with Crippen LogP contribution in [0.2, 0.25) is 0 Å². The second kappa shape index (κ2) is 4.44. The molecule has 0 aliphatic carbocycles. The van der Waals surface area contributed by atoms with Gasteiger partial charge in [-0.25, -0.2) is 0 Å². The summed E-state index contributed by atoms with van der Waals surface area (Å²) < 4.78 is 0. The van der Waals surface area contributed by atoms with Gasteiger partial charge in [-0.15, -0.1) is 0 Å². The number of nitrogens with zero attached hydrogens (tertiary/aromatic N) is 2. The number of nitrogens with two attached hydrogens (primary N) is 1. The van der Waals surface area contributed by atoms with Gasteiger partial charge in [-0.05, 0) is 19.4 Å². The third-order valence-electron chi connectivity index (χ3n) is 2.28. The molecule has 0 aromatic carbocycles. The van der Waals surface area contributed by atoms with Crippen LogP contribution in [0, 0.1) is 17.2 Å². The van der Waals surface area contributed by atoms with E-state index in [-0.39, 0.29) is 12.0 Å². The van der Waals surface area contributed by atoms with Crippen LogP contribution in [0.5, 0.6) is 0 Å². The predicted octanol–water partition coefficient (Wildman–Crippen LogP) is 0.569. The van der Waals surface area contributed by atoms with Gasteiger partial charge in [-0.3, -0.25) is 0 Å². The van der Waals surface area contributed by atoms with Gasteiger partial charge >= 0.3 is 0 Å². The molecular weight excluding hydrogens is 150 g/mol. The zero-order chi connectivity index (χ0) is 8.97. The first kappa shape index (κ1) is 9.50. The lowest BCUT2D eigenvalue weighted by molar-refractivity contribution is 0.181. The van der Waals surface area contributed by atoms with Crippen LogP contribution in [0.1, 0.15) is 19.8 Å². The quantitative estimate of drug-likeness (QED) is 0.654. The number of hydrogen-bond acceptors (Lipinski definition) is 3. The fourth-order valence-corrected chi connectivity index (χ4v) is 1.82. The zero-order valence-electron chi connectivity index (χ0n) is 7.66. The first-order chi connectivity index (χ1) is 5.76. The van der Waals surface area contributed by atoms with E-state index in [1.54, 1.807) is 0 Å². The Morgan fingerprint density at radius 2 is 2.33 bits per heavy atom. The third kappa shape index (κ3) is 2.47. The number of hydrogen-bond donors (Lipinski definition) is 1. The average molecular weight is 167 g/mol. The molecule has 2 N–H and O–H groups in total. The molecule has 1 aliphatic heterocycles. The van der Waals surface area contributed by atoms with Gasteiger partial charge in [0.05, 0.1) is 12.0 Å². The van der Waals surface area contributed by atoms with E-state index >= 15 is 0 Å². The molecule has 1 saturated heterocycles. The SMILES string of the molecule is CCCN1CC(C#N)C[C@@H](N)C1. The lowest BCUT2D eigenvalue weighted by atomic mass is 9.96. The summed E-state index contributed by atoms with van der Waals surface area (Å²) in [7, 11) is 0. The number of nitriles is 1.